The lowest BCUT2D eigenvalue weighted by molar-refractivity contribution is -0.00185. The van der Waals surface area contributed by atoms with Crippen molar-refractivity contribution >= 4 is 11.6 Å². The zero-order valence-electron chi connectivity index (χ0n) is 10.7. The third kappa shape index (κ3) is 3.07. The van der Waals surface area contributed by atoms with Gasteiger partial charge in [-0.15, -0.1) is 0 Å². The van der Waals surface area contributed by atoms with E-state index in [1.807, 2.05) is 6.92 Å². The van der Waals surface area contributed by atoms with E-state index in [1.165, 1.54) is 0 Å². The molecular weight excluding hydrogens is 254 g/mol. The van der Waals surface area contributed by atoms with Gasteiger partial charge in [-0.3, -0.25) is 4.79 Å². The van der Waals surface area contributed by atoms with Crippen LogP contribution >= 0.6 is 0 Å². The molecule has 1 heterocycles. The van der Waals surface area contributed by atoms with Crippen molar-refractivity contribution in [2.24, 2.45) is 5.16 Å². The first kappa shape index (κ1) is 13.5. The second-order valence-electron chi connectivity index (χ2n) is 4.85. The molecule has 1 N–H and O–H groups in total. The highest BCUT2D eigenvalue weighted by molar-refractivity contribution is 5.94. The molecule has 0 aromatic heterocycles. The van der Waals surface area contributed by atoms with Crippen LogP contribution in [-0.4, -0.2) is 23.8 Å². The summed E-state index contributed by atoms with van der Waals surface area (Å²) in [6, 6.07) is 2.83. The number of hydrogen-bond acceptors (Lipinski definition) is 3. The minimum Gasteiger partial charge on any atom is -0.387 e. The molecule has 1 atom stereocenters. The van der Waals surface area contributed by atoms with E-state index < -0.39 is 23.1 Å². The van der Waals surface area contributed by atoms with Crippen molar-refractivity contribution in [2.75, 3.05) is 6.54 Å². The summed E-state index contributed by atoms with van der Waals surface area (Å²) in [6.45, 7) is 3.82. The Labute approximate surface area is 109 Å². The fraction of sp³-hybridized carbons (Fsp3) is 0.385. The van der Waals surface area contributed by atoms with E-state index in [0.29, 0.717) is 12.5 Å². The average Bonchev–Trinajstić information content (AvgIpc) is 2.67. The van der Waals surface area contributed by atoms with Crippen LogP contribution in [0.1, 0.15) is 30.6 Å². The number of rotatable bonds is 3. The van der Waals surface area contributed by atoms with Crippen molar-refractivity contribution in [3.8, 4) is 0 Å². The van der Waals surface area contributed by atoms with E-state index in [9.17, 15) is 13.6 Å². The van der Waals surface area contributed by atoms with E-state index in [4.69, 9.17) is 4.84 Å². The largest absolute Gasteiger partial charge is 0.387 e. The first-order valence-corrected chi connectivity index (χ1v) is 5.84. The Balaban J connectivity index is 1.98. The van der Waals surface area contributed by atoms with Gasteiger partial charge in [-0.2, -0.15) is 0 Å². The van der Waals surface area contributed by atoms with Crippen LogP contribution in [0.25, 0.3) is 0 Å². The van der Waals surface area contributed by atoms with Crippen LogP contribution in [0.15, 0.2) is 23.4 Å². The van der Waals surface area contributed by atoms with Crippen molar-refractivity contribution in [3.05, 3.63) is 35.4 Å². The molecule has 0 spiro atoms. The Morgan fingerprint density at radius 1 is 1.53 bits per heavy atom. The van der Waals surface area contributed by atoms with Gasteiger partial charge in [0.25, 0.3) is 5.91 Å². The van der Waals surface area contributed by atoms with Crippen LogP contribution in [-0.2, 0) is 4.84 Å². The van der Waals surface area contributed by atoms with Gasteiger partial charge in [-0.1, -0.05) is 5.16 Å². The van der Waals surface area contributed by atoms with Crippen LogP contribution in [0, 0.1) is 11.6 Å². The van der Waals surface area contributed by atoms with Crippen LogP contribution in [0.3, 0.4) is 0 Å². The Bertz CT molecular complexity index is 545. The lowest BCUT2D eigenvalue weighted by Crippen LogP contribution is -2.41. The summed E-state index contributed by atoms with van der Waals surface area (Å²) in [5.74, 6) is -2.21. The summed E-state index contributed by atoms with van der Waals surface area (Å²) < 4.78 is 26.1. The molecule has 0 unspecified atom stereocenters. The van der Waals surface area contributed by atoms with Crippen molar-refractivity contribution in [2.45, 2.75) is 25.9 Å². The van der Waals surface area contributed by atoms with Crippen molar-refractivity contribution in [1.29, 1.82) is 0 Å². The molecule has 19 heavy (non-hydrogen) atoms. The van der Waals surface area contributed by atoms with Crippen molar-refractivity contribution in [1.82, 2.24) is 5.32 Å². The van der Waals surface area contributed by atoms with Gasteiger partial charge >= 0.3 is 0 Å². The molecule has 1 aromatic rings. The summed E-state index contributed by atoms with van der Waals surface area (Å²) in [5, 5.41) is 6.37. The van der Waals surface area contributed by atoms with Crippen LogP contribution in [0.4, 0.5) is 8.78 Å². The standard InChI is InChI=1S/C13H14F2N2O2/c1-8-6-13(2,19-17-8)7-16-12(18)10-4-3-9(14)5-11(10)15/h3-5H,6-7H2,1-2H3,(H,16,18)/t13-/m0/s1. The second-order valence-corrected chi connectivity index (χ2v) is 4.85. The number of nitrogens with one attached hydrogen (secondary N) is 1. The SMILES string of the molecule is CC1=NO[C@](C)(CNC(=O)c2ccc(F)cc2F)C1. The maximum absolute atomic E-state index is 13.4. The van der Waals surface area contributed by atoms with Gasteiger partial charge in [0.2, 0.25) is 0 Å². The fourth-order valence-electron chi connectivity index (χ4n) is 1.92. The fourth-order valence-corrected chi connectivity index (χ4v) is 1.92. The number of nitrogens with zero attached hydrogens (tertiary/aromatic N) is 1. The van der Waals surface area contributed by atoms with Crippen LogP contribution < -0.4 is 5.32 Å². The molecule has 6 heteroatoms. The van der Waals surface area contributed by atoms with Gasteiger partial charge in [0.1, 0.15) is 11.6 Å². The summed E-state index contributed by atoms with van der Waals surface area (Å²) in [4.78, 5) is 17.0. The number of benzene rings is 1. The molecule has 1 amide bonds. The van der Waals surface area contributed by atoms with Gasteiger partial charge < -0.3 is 10.2 Å². The van der Waals surface area contributed by atoms with Gasteiger partial charge in [0.15, 0.2) is 5.60 Å². The molecular formula is C13H14F2N2O2. The molecule has 0 saturated heterocycles. The quantitative estimate of drug-likeness (QED) is 0.914. The number of carbonyl (C=O) groups excluding carboxylic acids is 1. The zero-order valence-corrected chi connectivity index (χ0v) is 10.7. The molecule has 1 aliphatic heterocycles. The number of hydrogen-bond donors (Lipinski definition) is 1. The highest BCUT2D eigenvalue weighted by Crippen LogP contribution is 2.22. The summed E-state index contributed by atoms with van der Waals surface area (Å²) >= 11 is 0. The molecule has 2 rings (SSSR count). The molecule has 0 fully saturated rings. The van der Waals surface area contributed by atoms with Gasteiger partial charge in [-0.05, 0) is 26.0 Å². The lowest BCUT2D eigenvalue weighted by Gasteiger charge is -2.21. The van der Waals surface area contributed by atoms with E-state index in [-0.39, 0.29) is 12.1 Å². The van der Waals surface area contributed by atoms with Crippen molar-refractivity contribution < 1.29 is 18.4 Å². The Kier molecular flexibility index (Phi) is 3.50. The maximum atomic E-state index is 13.4. The Hall–Kier alpha value is -1.98. The highest BCUT2D eigenvalue weighted by atomic mass is 19.1. The number of oxime groups is 1. The zero-order chi connectivity index (χ0) is 14.0. The lowest BCUT2D eigenvalue weighted by atomic mass is 10.0. The predicted octanol–water partition coefficient (Wildman–Crippen LogP) is 2.25. The van der Waals surface area contributed by atoms with Gasteiger partial charge in [-0.25, -0.2) is 8.78 Å². The summed E-state index contributed by atoms with van der Waals surface area (Å²) in [5.41, 5.74) is 0.0290. The smallest absolute Gasteiger partial charge is 0.254 e. The minimum atomic E-state index is -0.887. The highest BCUT2D eigenvalue weighted by Gasteiger charge is 2.33. The molecule has 102 valence electrons. The van der Waals surface area contributed by atoms with E-state index in [0.717, 1.165) is 17.8 Å². The Morgan fingerprint density at radius 2 is 2.26 bits per heavy atom. The van der Waals surface area contributed by atoms with E-state index in [2.05, 4.69) is 10.5 Å². The third-order valence-corrected chi connectivity index (χ3v) is 2.85. The molecule has 0 bridgehead atoms. The Morgan fingerprint density at radius 3 is 2.84 bits per heavy atom. The van der Waals surface area contributed by atoms with Crippen LogP contribution in [0.5, 0.6) is 0 Å². The molecule has 0 aliphatic carbocycles. The van der Waals surface area contributed by atoms with E-state index >= 15 is 0 Å². The second kappa shape index (κ2) is 4.95. The molecule has 1 aliphatic rings. The topological polar surface area (TPSA) is 50.7 Å². The average molecular weight is 268 g/mol. The summed E-state index contributed by atoms with van der Waals surface area (Å²) in [6.07, 6.45) is 0.596. The first-order chi connectivity index (χ1) is 8.89. The molecule has 1 aromatic carbocycles. The molecule has 0 saturated carbocycles. The molecule has 4 nitrogen and oxygen atoms in total. The number of amides is 1. The van der Waals surface area contributed by atoms with Crippen molar-refractivity contribution in [3.63, 3.8) is 0 Å². The van der Waals surface area contributed by atoms with Gasteiger partial charge in [0.05, 0.1) is 17.8 Å². The third-order valence-electron chi connectivity index (χ3n) is 2.85. The minimum absolute atomic E-state index is 0.194. The maximum Gasteiger partial charge on any atom is 0.254 e. The first-order valence-electron chi connectivity index (χ1n) is 5.84. The normalized spacial score (nSPS) is 21.8. The van der Waals surface area contributed by atoms with Crippen LogP contribution in [0.2, 0.25) is 0 Å². The number of carbonyl (C=O) groups is 1. The molecule has 0 radical (unpaired) electrons. The van der Waals surface area contributed by atoms with E-state index in [1.54, 1.807) is 6.92 Å². The monoisotopic (exact) mass is 268 g/mol. The number of halogens is 2. The van der Waals surface area contributed by atoms with Gasteiger partial charge in [0, 0.05) is 12.5 Å². The predicted molar refractivity (Wildman–Crippen MR) is 65.9 cm³/mol. The summed E-state index contributed by atoms with van der Waals surface area (Å²) in [7, 11) is 0.